The molecule has 0 unspecified atom stereocenters. The van der Waals surface area contributed by atoms with E-state index in [9.17, 15) is 8.78 Å². The summed E-state index contributed by atoms with van der Waals surface area (Å²) in [6, 6.07) is 9.90. The average Bonchev–Trinajstić information content (AvgIpc) is 2.95. The zero-order chi connectivity index (χ0) is 16.3. The third kappa shape index (κ3) is 8.08. The summed E-state index contributed by atoms with van der Waals surface area (Å²) in [5, 5.41) is 1.16. The maximum Gasteiger partial charge on any atom is 0.269 e. The largest absolute Gasteiger partial charge is 0.464 e. The third-order valence-electron chi connectivity index (χ3n) is 2.61. The summed E-state index contributed by atoms with van der Waals surface area (Å²) in [6.07, 6.45) is 1.23. The molecule has 0 radical (unpaired) electrons. The molecule has 0 saturated carbocycles. The topological polar surface area (TPSA) is 13.1 Å². The lowest BCUT2D eigenvalue weighted by atomic mass is 10.1. The van der Waals surface area contributed by atoms with Gasteiger partial charge in [0.1, 0.15) is 5.58 Å². The number of allylic oxidation sites excluding steroid dienone is 2. The monoisotopic (exact) mass is 294 g/mol. The average molecular weight is 294 g/mol. The zero-order valence-electron chi connectivity index (χ0n) is 13.2. The van der Waals surface area contributed by atoms with Gasteiger partial charge in [0.2, 0.25) is 0 Å². The molecular weight excluding hydrogens is 270 g/mol. The Morgan fingerprint density at radius 1 is 1.05 bits per heavy atom. The van der Waals surface area contributed by atoms with Gasteiger partial charge in [0, 0.05) is 5.39 Å². The molecule has 3 heteroatoms. The Hall–Kier alpha value is -1.90. The molecule has 1 aromatic carbocycles. The lowest BCUT2D eigenvalue weighted by molar-refractivity contribution is 0.408. The molecule has 1 heterocycles. The number of furan rings is 1. The van der Waals surface area contributed by atoms with E-state index in [1.54, 1.807) is 6.26 Å². The van der Waals surface area contributed by atoms with E-state index in [4.69, 9.17) is 4.42 Å². The maximum absolute atomic E-state index is 11.7. The van der Waals surface area contributed by atoms with Crippen LogP contribution in [0.1, 0.15) is 40.5 Å². The number of para-hydroxylation sites is 1. The summed E-state index contributed by atoms with van der Waals surface area (Å²) < 4.78 is 28.6. The molecule has 2 rings (SSSR count). The molecule has 1 nitrogen and oxygen atoms in total. The molecule has 0 aliphatic heterocycles. The van der Waals surface area contributed by atoms with Crippen LogP contribution in [0.5, 0.6) is 0 Å². The first-order valence-corrected chi connectivity index (χ1v) is 7.08. The molecule has 2 aromatic rings. The number of fused-ring (bicyclic) bond motifs is 1. The number of rotatable bonds is 3. The summed E-state index contributed by atoms with van der Waals surface area (Å²) in [7, 11) is 0. The van der Waals surface area contributed by atoms with E-state index in [0.29, 0.717) is 12.8 Å². The minimum absolute atomic E-state index is 0.169. The van der Waals surface area contributed by atoms with Crippen molar-refractivity contribution in [3.05, 3.63) is 60.4 Å². The summed E-state index contributed by atoms with van der Waals surface area (Å²) in [5.74, 6) is 0. The molecule has 21 heavy (non-hydrogen) atoms. The molecule has 0 aliphatic carbocycles. The van der Waals surface area contributed by atoms with E-state index in [1.165, 1.54) is 6.92 Å². The van der Waals surface area contributed by atoms with Crippen LogP contribution in [0.2, 0.25) is 0 Å². The molecule has 0 bridgehead atoms. The van der Waals surface area contributed by atoms with Crippen molar-refractivity contribution in [2.45, 2.75) is 40.5 Å². The molecule has 0 saturated heterocycles. The quantitative estimate of drug-likeness (QED) is 0.557. The van der Waals surface area contributed by atoms with Gasteiger partial charge in [0.15, 0.2) is 0 Å². The zero-order valence-corrected chi connectivity index (χ0v) is 13.2. The minimum atomic E-state index is -1.55. The van der Waals surface area contributed by atoms with Gasteiger partial charge in [-0.3, -0.25) is 0 Å². The predicted molar refractivity (Wildman–Crippen MR) is 86.5 cm³/mol. The molecule has 0 atom stereocenters. The van der Waals surface area contributed by atoms with Gasteiger partial charge in [-0.05, 0) is 44.4 Å². The molecule has 0 aliphatic rings. The Morgan fingerprint density at radius 2 is 1.67 bits per heavy atom. The summed E-state index contributed by atoms with van der Waals surface area (Å²) in [4.78, 5) is 0. The van der Waals surface area contributed by atoms with Gasteiger partial charge in [0.05, 0.1) is 6.26 Å². The van der Waals surface area contributed by atoms with Crippen molar-refractivity contribution < 1.29 is 13.2 Å². The normalized spacial score (nSPS) is 9.05. The lowest BCUT2D eigenvalue weighted by Gasteiger charge is -1.97. The van der Waals surface area contributed by atoms with Crippen molar-refractivity contribution in [1.82, 2.24) is 0 Å². The fourth-order valence-corrected chi connectivity index (χ4v) is 1.40. The first-order chi connectivity index (χ1) is 10.0. The summed E-state index contributed by atoms with van der Waals surface area (Å²) >= 11 is 0. The standard InChI is InChI=1S/C8H12F2.C8H6O.C2H6/c1-6(2)4-5-7(3)8(9)10;1-2-4-8-7(3-1)5-6-9-8;1-2/h1,4-5H2,2-3H3;1-6H;1-2H3. The highest BCUT2D eigenvalue weighted by Crippen LogP contribution is 2.15. The summed E-state index contributed by atoms with van der Waals surface area (Å²) in [6.45, 7) is 10.9. The van der Waals surface area contributed by atoms with E-state index < -0.39 is 6.08 Å². The van der Waals surface area contributed by atoms with Gasteiger partial charge in [-0.2, -0.15) is 8.78 Å². The van der Waals surface area contributed by atoms with Crippen molar-refractivity contribution in [1.29, 1.82) is 0 Å². The first kappa shape index (κ1) is 19.1. The number of halogens is 2. The fraction of sp³-hybridized carbons (Fsp3) is 0.333. The van der Waals surface area contributed by atoms with Gasteiger partial charge in [-0.25, -0.2) is 0 Å². The molecule has 1 aromatic heterocycles. The van der Waals surface area contributed by atoms with Crippen LogP contribution in [-0.2, 0) is 0 Å². The van der Waals surface area contributed by atoms with Crippen molar-refractivity contribution >= 4 is 11.0 Å². The molecular formula is C18H24F2O. The Bertz CT molecular complexity index is 533. The van der Waals surface area contributed by atoms with Crippen LogP contribution in [0.3, 0.4) is 0 Å². The van der Waals surface area contributed by atoms with Crippen molar-refractivity contribution in [2.24, 2.45) is 0 Å². The highest BCUT2D eigenvalue weighted by Gasteiger charge is 1.98. The third-order valence-corrected chi connectivity index (χ3v) is 2.61. The highest BCUT2D eigenvalue weighted by atomic mass is 19.3. The van der Waals surface area contributed by atoms with Crippen molar-refractivity contribution in [2.75, 3.05) is 0 Å². The number of hydrogen-bond donors (Lipinski definition) is 0. The first-order valence-electron chi connectivity index (χ1n) is 7.08. The van der Waals surface area contributed by atoms with Crippen LogP contribution in [-0.4, -0.2) is 0 Å². The van der Waals surface area contributed by atoms with Gasteiger partial charge in [-0.15, -0.1) is 6.58 Å². The SMILES string of the molecule is C=C(C)CCC(C)=C(F)F.CC.c1ccc2occc2c1. The van der Waals surface area contributed by atoms with E-state index in [-0.39, 0.29) is 5.57 Å². The second kappa shape index (κ2) is 10.8. The molecule has 116 valence electrons. The maximum atomic E-state index is 11.7. The Kier molecular flexibility index (Phi) is 9.86. The van der Waals surface area contributed by atoms with E-state index in [2.05, 4.69) is 6.58 Å². The predicted octanol–water partition coefficient (Wildman–Crippen LogP) is 6.97. The van der Waals surface area contributed by atoms with Crippen LogP contribution < -0.4 is 0 Å². The van der Waals surface area contributed by atoms with Crippen molar-refractivity contribution in [3.8, 4) is 0 Å². The van der Waals surface area contributed by atoms with E-state index in [0.717, 1.165) is 16.5 Å². The second-order valence-electron chi connectivity index (χ2n) is 4.46. The Morgan fingerprint density at radius 3 is 2.19 bits per heavy atom. The van der Waals surface area contributed by atoms with E-state index >= 15 is 0 Å². The fourth-order valence-electron chi connectivity index (χ4n) is 1.40. The molecule has 0 fully saturated rings. The van der Waals surface area contributed by atoms with Crippen LogP contribution in [0.4, 0.5) is 8.78 Å². The van der Waals surface area contributed by atoms with Gasteiger partial charge in [-0.1, -0.05) is 37.6 Å². The second-order valence-corrected chi connectivity index (χ2v) is 4.46. The van der Waals surface area contributed by atoms with E-state index in [1.807, 2.05) is 51.1 Å². The van der Waals surface area contributed by atoms with Gasteiger partial charge >= 0.3 is 0 Å². The smallest absolute Gasteiger partial charge is 0.269 e. The van der Waals surface area contributed by atoms with Crippen molar-refractivity contribution in [3.63, 3.8) is 0 Å². The van der Waals surface area contributed by atoms with Gasteiger partial charge in [0.25, 0.3) is 6.08 Å². The highest BCUT2D eigenvalue weighted by molar-refractivity contribution is 5.76. The molecule has 0 amide bonds. The Labute approximate surface area is 126 Å². The summed E-state index contributed by atoms with van der Waals surface area (Å²) in [5.41, 5.74) is 2.07. The number of benzene rings is 1. The lowest BCUT2D eigenvalue weighted by Crippen LogP contribution is -1.80. The molecule has 0 spiro atoms. The minimum Gasteiger partial charge on any atom is -0.464 e. The van der Waals surface area contributed by atoms with Crippen LogP contribution >= 0.6 is 0 Å². The van der Waals surface area contributed by atoms with Crippen LogP contribution in [0.15, 0.2) is 64.8 Å². The molecule has 0 N–H and O–H groups in total. The van der Waals surface area contributed by atoms with Crippen LogP contribution in [0.25, 0.3) is 11.0 Å². The number of hydrogen-bond acceptors (Lipinski definition) is 1. The van der Waals surface area contributed by atoms with Crippen LogP contribution in [0, 0.1) is 0 Å². The van der Waals surface area contributed by atoms with Gasteiger partial charge < -0.3 is 4.42 Å². The Balaban J connectivity index is 0.000000341.